The SMILES string of the molecule is O=C(C=Cc1ccc(N(C(=O)O)[C@@H]2CCN(CC3=CCCCC3)C2)nc1)NOC1CCCCO1. The molecule has 2 fully saturated rings. The first-order valence-corrected chi connectivity index (χ1v) is 12.2. The van der Waals surface area contributed by atoms with Gasteiger partial charge in [0.2, 0.25) is 0 Å². The largest absolute Gasteiger partial charge is 0.465 e. The number of anilines is 1. The second-order valence-corrected chi connectivity index (χ2v) is 9.10. The van der Waals surface area contributed by atoms with E-state index in [1.165, 1.54) is 29.4 Å². The van der Waals surface area contributed by atoms with Gasteiger partial charge in [-0.2, -0.15) is 0 Å². The van der Waals surface area contributed by atoms with Gasteiger partial charge >= 0.3 is 6.09 Å². The fourth-order valence-corrected chi connectivity index (χ4v) is 4.72. The molecular weight excluding hydrogens is 436 g/mol. The minimum Gasteiger partial charge on any atom is -0.465 e. The van der Waals surface area contributed by atoms with Gasteiger partial charge in [-0.1, -0.05) is 11.6 Å². The van der Waals surface area contributed by atoms with Crippen molar-refractivity contribution >= 4 is 23.9 Å². The number of pyridine rings is 1. The van der Waals surface area contributed by atoms with Gasteiger partial charge in [0.05, 0.1) is 6.04 Å². The number of ether oxygens (including phenoxy) is 1. The highest BCUT2D eigenvalue weighted by atomic mass is 16.8. The number of hydrogen-bond donors (Lipinski definition) is 2. The summed E-state index contributed by atoms with van der Waals surface area (Å²) in [4.78, 5) is 37.4. The molecule has 1 aromatic rings. The van der Waals surface area contributed by atoms with E-state index >= 15 is 0 Å². The van der Waals surface area contributed by atoms with Crippen molar-refractivity contribution in [3.8, 4) is 0 Å². The Bertz CT molecular complexity index is 895. The highest BCUT2D eigenvalue weighted by Crippen LogP contribution is 2.25. The zero-order chi connectivity index (χ0) is 23.8. The van der Waals surface area contributed by atoms with Crippen molar-refractivity contribution in [2.24, 2.45) is 0 Å². The molecular formula is C25H34N4O5. The van der Waals surface area contributed by atoms with Gasteiger partial charge < -0.3 is 9.84 Å². The van der Waals surface area contributed by atoms with Crippen LogP contribution in [-0.2, 0) is 14.4 Å². The Morgan fingerprint density at radius 3 is 2.88 bits per heavy atom. The number of aromatic nitrogens is 1. The Kier molecular flexibility index (Phi) is 8.67. The summed E-state index contributed by atoms with van der Waals surface area (Å²) in [6.07, 6.45) is 13.9. The molecule has 34 heavy (non-hydrogen) atoms. The average molecular weight is 471 g/mol. The molecule has 2 amide bonds. The fraction of sp³-hybridized carbons (Fsp3) is 0.560. The number of rotatable bonds is 8. The number of allylic oxidation sites excluding steroid dienone is 1. The van der Waals surface area contributed by atoms with Gasteiger partial charge in [-0.3, -0.25) is 14.6 Å². The lowest BCUT2D eigenvalue weighted by molar-refractivity contribution is -0.198. The lowest BCUT2D eigenvalue weighted by Gasteiger charge is -2.26. The van der Waals surface area contributed by atoms with Crippen molar-refractivity contribution in [1.82, 2.24) is 15.4 Å². The third kappa shape index (κ3) is 6.88. The zero-order valence-corrected chi connectivity index (χ0v) is 19.5. The molecule has 2 atom stereocenters. The van der Waals surface area contributed by atoms with Crippen molar-refractivity contribution in [2.75, 3.05) is 31.1 Å². The van der Waals surface area contributed by atoms with Crippen LogP contribution in [0.1, 0.15) is 56.9 Å². The molecule has 2 saturated heterocycles. The predicted octanol–water partition coefficient (Wildman–Crippen LogP) is 3.73. The molecule has 0 aromatic carbocycles. The van der Waals surface area contributed by atoms with Crippen LogP contribution in [0.3, 0.4) is 0 Å². The number of nitrogens with one attached hydrogen (secondary N) is 1. The van der Waals surface area contributed by atoms with E-state index in [-0.39, 0.29) is 6.04 Å². The second-order valence-electron chi connectivity index (χ2n) is 9.10. The van der Waals surface area contributed by atoms with Crippen LogP contribution in [0.4, 0.5) is 10.6 Å². The Balaban J connectivity index is 1.30. The summed E-state index contributed by atoms with van der Waals surface area (Å²) in [5.74, 6) is 0.000143. The van der Waals surface area contributed by atoms with E-state index in [0.29, 0.717) is 24.5 Å². The molecule has 1 aliphatic carbocycles. The summed E-state index contributed by atoms with van der Waals surface area (Å²) in [6.45, 7) is 3.16. The number of carboxylic acid groups (broad SMARTS) is 1. The minimum absolute atomic E-state index is 0.125. The highest BCUT2D eigenvalue weighted by molar-refractivity contribution is 5.91. The molecule has 0 saturated carbocycles. The van der Waals surface area contributed by atoms with Gasteiger partial charge in [0.15, 0.2) is 6.29 Å². The molecule has 2 aliphatic heterocycles. The maximum atomic E-state index is 12.1. The van der Waals surface area contributed by atoms with E-state index in [2.05, 4.69) is 21.4 Å². The first-order chi connectivity index (χ1) is 16.6. The third-order valence-electron chi connectivity index (χ3n) is 6.50. The molecule has 1 aromatic heterocycles. The van der Waals surface area contributed by atoms with Crippen molar-refractivity contribution in [3.05, 3.63) is 41.6 Å². The molecule has 9 heteroatoms. The summed E-state index contributed by atoms with van der Waals surface area (Å²) in [6, 6.07) is 3.32. The van der Waals surface area contributed by atoms with Crippen LogP contribution in [0.5, 0.6) is 0 Å². The van der Waals surface area contributed by atoms with E-state index < -0.39 is 18.3 Å². The molecule has 0 bridgehead atoms. The first-order valence-electron chi connectivity index (χ1n) is 12.2. The van der Waals surface area contributed by atoms with Gasteiger partial charge in [-0.05, 0) is 68.7 Å². The van der Waals surface area contributed by atoms with Gasteiger partial charge in [0.25, 0.3) is 5.91 Å². The van der Waals surface area contributed by atoms with Crippen LogP contribution >= 0.6 is 0 Å². The molecule has 0 radical (unpaired) electrons. The lowest BCUT2D eigenvalue weighted by atomic mass is 9.99. The molecule has 184 valence electrons. The number of carbonyl (C=O) groups excluding carboxylic acids is 1. The molecule has 3 aliphatic rings. The van der Waals surface area contributed by atoms with Crippen LogP contribution < -0.4 is 10.4 Å². The summed E-state index contributed by atoms with van der Waals surface area (Å²) < 4.78 is 5.40. The molecule has 0 spiro atoms. The Morgan fingerprint density at radius 2 is 2.18 bits per heavy atom. The van der Waals surface area contributed by atoms with Crippen LogP contribution in [0.25, 0.3) is 6.08 Å². The Labute approximate surface area is 200 Å². The molecule has 9 nitrogen and oxygen atoms in total. The van der Waals surface area contributed by atoms with E-state index in [1.54, 1.807) is 24.4 Å². The maximum absolute atomic E-state index is 12.1. The monoisotopic (exact) mass is 470 g/mol. The number of nitrogens with zero attached hydrogens (tertiary/aromatic N) is 3. The van der Waals surface area contributed by atoms with Crippen LogP contribution in [0.15, 0.2) is 36.1 Å². The maximum Gasteiger partial charge on any atom is 0.413 e. The van der Waals surface area contributed by atoms with E-state index in [9.17, 15) is 14.7 Å². The lowest BCUT2D eigenvalue weighted by Crippen LogP contribution is -2.42. The van der Waals surface area contributed by atoms with Crippen LogP contribution in [0, 0.1) is 0 Å². The summed E-state index contributed by atoms with van der Waals surface area (Å²) >= 11 is 0. The standard InChI is InChI=1S/C25H34N4O5/c30-23(27-34-24-8-4-5-15-33-24)12-10-19-9-11-22(26-16-19)29(25(31)32)21-13-14-28(18-21)17-20-6-2-1-3-7-20/h6,9-12,16,21,24H,1-5,7-8,13-15,17-18H2,(H,27,30)(H,31,32)/t21-,24?/m1/s1. The number of hydroxylamine groups is 1. The highest BCUT2D eigenvalue weighted by Gasteiger charge is 2.32. The molecule has 3 heterocycles. The van der Waals surface area contributed by atoms with Crippen molar-refractivity contribution in [3.63, 3.8) is 0 Å². The predicted molar refractivity (Wildman–Crippen MR) is 128 cm³/mol. The van der Waals surface area contributed by atoms with E-state index in [0.717, 1.165) is 51.6 Å². The fourth-order valence-electron chi connectivity index (χ4n) is 4.72. The summed E-state index contributed by atoms with van der Waals surface area (Å²) in [7, 11) is 0. The van der Waals surface area contributed by atoms with Gasteiger partial charge in [0.1, 0.15) is 5.82 Å². The smallest absolute Gasteiger partial charge is 0.413 e. The number of amides is 2. The summed E-state index contributed by atoms with van der Waals surface area (Å²) in [5, 5.41) is 9.87. The normalized spacial score (nSPS) is 23.6. The molecule has 4 rings (SSSR count). The minimum atomic E-state index is -0.999. The molecule has 2 N–H and O–H groups in total. The average Bonchev–Trinajstić information content (AvgIpc) is 3.31. The number of carbonyl (C=O) groups is 2. The van der Waals surface area contributed by atoms with Crippen LogP contribution in [0.2, 0.25) is 0 Å². The van der Waals surface area contributed by atoms with Crippen molar-refractivity contribution in [1.29, 1.82) is 0 Å². The van der Waals surface area contributed by atoms with E-state index in [1.807, 2.05) is 0 Å². The van der Waals surface area contributed by atoms with Crippen molar-refractivity contribution in [2.45, 2.75) is 63.7 Å². The van der Waals surface area contributed by atoms with Gasteiger partial charge in [-0.15, -0.1) is 0 Å². The number of likely N-dealkylation sites (tertiary alicyclic amines) is 1. The van der Waals surface area contributed by atoms with E-state index in [4.69, 9.17) is 9.57 Å². The second kappa shape index (κ2) is 12.1. The third-order valence-corrected chi connectivity index (χ3v) is 6.50. The quantitative estimate of drug-likeness (QED) is 0.339. The van der Waals surface area contributed by atoms with Gasteiger partial charge in [0, 0.05) is 44.9 Å². The Morgan fingerprint density at radius 1 is 1.26 bits per heavy atom. The first kappa shape index (κ1) is 24.4. The van der Waals surface area contributed by atoms with Crippen molar-refractivity contribution < 1.29 is 24.3 Å². The number of hydrogen-bond acceptors (Lipinski definition) is 6. The zero-order valence-electron chi connectivity index (χ0n) is 19.5. The topological polar surface area (TPSA) is 104 Å². The summed E-state index contributed by atoms with van der Waals surface area (Å²) in [5.41, 5.74) is 4.54. The van der Waals surface area contributed by atoms with Crippen LogP contribution in [-0.4, -0.2) is 65.6 Å². The Hall–Kier alpha value is -2.75. The molecule has 1 unspecified atom stereocenters. The van der Waals surface area contributed by atoms with Gasteiger partial charge in [-0.25, -0.2) is 20.1 Å².